The zero-order chi connectivity index (χ0) is 13.6. The molecule has 1 unspecified atom stereocenters. The topological polar surface area (TPSA) is 75.1 Å². The Kier molecular flexibility index (Phi) is 2.96. The maximum Gasteiger partial charge on any atom is 0.445 e. The Morgan fingerprint density at radius 1 is 1.44 bits per heavy atom. The van der Waals surface area contributed by atoms with Gasteiger partial charge in [-0.15, -0.1) is 10.2 Å². The molecule has 100 valence electrons. The van der Waals surface area contributed by atoms with Gasteiger partial charge in [0.15, 0.2) is 0 Å². The summed E-state index contributed by atoms with van der Waals surface area (Å²) in [5, 5.41) is 16.8. The lowest BCUT2D eigenvalue weighted by Gasteiger charge is -2.25. The number of nitrogens with zero attached hydrogens (tertiary/aromatic N) is 2. The number of carbonyl (C=O) groups is 1. The molecule has 9 heteroatoms. The standard InChI is InChI=1S/C9H10F3N3O2S/c1-8(6(16)17,4-2-3-4)13-7-15-14-5(18-7)9(10,11)12/h4H,2-3H2,1H3,(H,13,15)(H,16,17). The molecule has 0 radical (unpaired) electrons. The fraction of sp³-hybridized carbons (Fsp3) is 0.667. The van der Waals surface area contributed by atoms with Crippen LogP contribution in [-0.2, 0) is 11.0 Å². The van der Waals surface area contributed by atoms with Crippen LogP contribution in [0.2, 0.25) is 0 Å². The minimum atomic E-state index is -4.56. The number of aromatic nitrogens is 2. The van der Waals surface area contributed by atoms with Gasteiger partial charge in [0, 0.05) is 0 Å². The summed E-state index contributed by atoms with van der Waals surface area (Å²) in [6, 6.07) is 0. The van der Waals surface area contributed by atoms with E-state index in [0.29, 0.717) is 11.3 Å². The van der Waals surface area contributed by atoms with Crippen molar-refractivity contribution in [2.45, 2.75) is 31.5 Å². The first-order chi connectivity index (χ1) is 8.23. The Bertz CT molecular complexity index is 472. The molecule has 0 spiro atoms. The summed E-state index contributed by atoms with van der Waals surface area (Å²) in [7, 11) is 0. The van der Waals surface area contributed by atoms with Crippen LogP contribution in [0.1, 0.15) is 24.8 Å². The lowest BCUT2D eigenvalue weighted by molar-refractivity contribution is -0.142. The summed E-state index contributed by atoms with van der Waals surface area (Å²) in [6.07, 6.45) is -3.09. The van der Waals surface area contributed by atoms with Crippen LogP contribution in [0.15, 0.2) is 0 Å². The van der Waals surface area contributed by atoms with Crippen molar-refractivity contribution in [1.29, 1.82) is 0 Å². The fourth-order valence-electron chi connectivity index (χ4n) is 1.60. The average Bonchev–Trinajstić information content (AvgIpc) is 2.98. The lowest BCUT2D eigenvalue weighted by atomic mass is 9.96. The Morgan fingerprint density at radius 3 is 2.44 bits per heavy atom. The van der Waals surface area contributed by atoms with Gasteiger partial charge in [0.2, 0.25) is 10.1 Å². The Balaban J connectivity index is 2.18. The van der Waals surface area contributed by atoms with E-state index in [4.69, 9.17) is 5.11 Å². The van der Waals surface area contributed by atoms with E-state index in [2.05, 4.69) is 15.5 Å². The molecule has 5 nitrogen and oxygen atoms in total. The predicted octanol–water partition coefficient (Wildman–Crippen LogP) is 2.22. The normalized spacial score (nSPS) is 19.3. The fourth-order valence-corrected chi connectivity index (χ4v) is 2.33. The van der Waals surface area contributed by atoms with Crippen molar-refractivity contribution in [2.75, 3.05) is 5.32 Å². The molecule has 0 saturated heterocycles. The van der Waals surface area contributed by atoms with Crippen molar-refractivity contribution in [1.82, 2.24) is 10.2 Å². The van der Waals surface area contributed by atoms with Gasteiger partial charge in [0.25, 0.3) is 0 Å². The van der Waals surface area contributed by atoms with E-state index in [1.54, 1.807) is 0 Å². The van der Waals surface area contributed by atoms with E-state index in [1.807, 2.05) is 0 Å². The van der Waals surface area contributed by atoms with Crippen molar-refractivity contribution in [2.24, 2.45) is 5.92 Å². The first-order valence-electron chi connectivity index (χ1n) is 5.16. The molecule has 1 aliphatic carbocycles. The molecule has 0 bridgehead atoms. The molecule has 1 aliphatic rings. The van der Waals surface area contributed by atoms with E-state index < -0.39 is 22.7 Å². The first-order valence-corrected chi connectivity index (χ1v) is 5.97. The molecule has 18 heavy (non-hydrogen) atoms. The zero-order valence-electron chi connectivity index (χ0n) is 9.28. The van der Waals surface area contributed by atoms with Crippen LogP contribution >= 0.6 is 11.3 Å². The van der Waals surface area contributed by atoms with Gasteiger partial charge in [-0.3, -0.25) is 0 Å². The number of nitrogens with one attached hydrogen (secondary N) is 1. The van der Waals surface area contributed by atoms with Crippen molar-refractivity contribution in [3.8, 4) is 0 Å². The zero-order valence-corrected chi connectivity index (χ0v) is 10.1. The van der Waals surface area contributed by atoms with E-state index in [-0.39, 0.29) is 11.0 Å². The highest BCUT2D eigenvalue weighted by Gasteiger charge is 2.48. The molecular formula is C9H10F3N3O2S. The number of anilines is 1. The van der Waals surface area contributed by atoms with Crippen LogP contribution in [0.4, 0.5) is 18.3 Å². The van der Waals surface area contributed by atoms with Gasteiger partial charge >= 0.3 is 12.1 Å². The molecular weight excluding hydrogens is 271 g/mol. The molecule has 1 heterocycles. The van der Waals surface area contributed by atoms with Crippen molar-refractivity contribution < 1.29 is 23.1 Å². The van der Waals surface area contributed by atoms with Crippen LogP contribution < -0.4 is 5.32 Å². The first kappa shape index (κ1) is 13.1. The Morgan fingerprint density at radius 2 is 2.06 bits per heavy atom. The number of aliphatic carboxylic acids is 1. The molecule has 1 atom stereocenters. The van der Waals surface area contributed by atoms with Crippen LogP contribution in [0.5, 0.6) is 0 Å². The van der Waals surface area contributed by atoms with Crippen LogP contribution in [0.25, 0.3) is 0 Å². The van der Waals surface area contributed by atoms with Gasteiger partial charge in [0.1, 0.15) is 5.54 Å². The number of halogens is 3. The highest BCUT2D eigenvalue weighted by atomic mass is 32.1. The third-order valence-corrected chi connectivity index (χ3v) is 3.76. The Labute approximate surface area is 104 Å². The van der Waals surface area contributed by atoms with Gasteiger partial charge < -0.3 is 10.4 Å². The molecule has 0 amide bonds. The van der Waals surface area contributed by atoms with E-state index in [1.165, 1.54) is 6.92 Å². The molecule has 0 aromatic carbocycles. The Hall–Kier alpha value is -1.38. The smallest absolute Gasteiger partial charge is 0.445 e. The minimum absolute atomic E-state index is 0.0896. The molecule has 1 aromatic rings. The van der Waals surface area contributed by atoms with E-state index in [9.17, 15) is 18.0 Å². The minimum Gasteiger partial charge on any atom is -0.480 e. The molecule has 1 saturated carbocycles. The van der Waals surface area contributed by atoms with E-state index in [0.717, 1.165) is 12.8 Å². The maximum atomic E-state index is 12.3. The van der Waals surface area contributed by atoms with Gasteiger partial charge in [-0.1, -0.05) is 11.3 Å². The quantitative estimate of drug-likeness (QED) is 0.885. The SMILES string of the molecule is CC(Nc1nnc(C(F)(F)F)s1)(C(=O)O)C1CC1. The monoisotopic (exact) mass is 281 g/mol. The molecule has 0 aliphatic heterocycles. The van der Waals surface area contributed by atoms with Gasteiger partial charge in [0.05, 0.1) is 0 Å². The summed E-state index contributed by atoms with van der Waals surface area (Å²) in [4.78, 5) is 11.2. The summed E-state index contributed by atoms with van der Waals surface area (Å²) < 4.78 is 37.0. The number of rotatable bonds is 4. The average molecular weight is 281 g/mol. The third-order valence-electron chi connectivity index (χ3n) is 2.87. The number of carboxylic acid groups (broad SMARTS) is 1. The molecule has 2 N–H and O–H groups in total. The largest absolute Gasteiger partial charge is 0.480 e. The van der Waals surface area contributed by atoms with Gasteiger partial charge in [-0.2, -0.15) is 13.2 Å². The summed E-state index contributed by atoms with van der Waals surface area (Å²) in [6.45, 7) is 1.45. The highest BCUT2D eigenvalue weighted by molar-refractivity contribution is 7.15. The van der Waals surface area contributed by atoms with Crippen molar-refractivity contribution in [3.63, 3.8) is 0 Å². The van der Waals surface area contributed by atoms with Gasteiger partial charge in [-0.25, -0.2) is 4.79 Å². The number of hydrogen-bond donors (Lipinski definition) is 2. The van der Waals surface area contributed by atoms with E-state index >= 15 is 0 Å². The maximum absolute atomic E-state index is 12.3. The summed E-state index contributed by atoms with van der Waals surface area (Å²) >= 11 is 0.308. The van der Waals surface area contributed by atoms with Crippen molar-refractivity contribution >= 4 is 22.4 Å². The molecule has 2 rings (SSSR count). The second-order valence-electron chi connectivity index (χ2n) is 4.32. The second-order valence-corrected chi connectivity index (χ2v) is 5.29. The highest BCUT2D eigenvalue weighted by Crippen LogP contribution is 2.42. The molecule has 1 fully saturated rings. The third kappa shape index (κ3) is 2.40. The second kappa shape index (κ2) is 4.08. The predicted molar refractivity (Wildman–Crippen MR) is 57.3 cm³/mol. The summed E-state index contributed by atoms with van der Waals surface area (Å²) in [5.41, 5.74) is -1.29. The lowest BCUT2D eigenvalue weighted by Crippen LogP contribution is -2.45. The van der Waals surface area contributed by atoms with Crippen LogP contribution in [0, 0.1) is 5.92 Å². The van der Waals surface area contributed by atoms with Crippen LogP contribution in [0.3, 0.4) is 0 Å². The molecule has 1 aromatic heterocycles. The summed E-state index contributed by atoms with van der Waals surface area (Å²) in [5.74, 6) is -1.19. The number of alkyl halides is 3. The number of hydrogen-bond acceptors (Lipinski definition) is 5. The van der Waals surface area contributed by atoms with Crippen molar-refractivity contribution in [3.05, 3.63) is 5.01 Å². The number of carboxylic acids is 1. The van der Waals surface area contributed by atoms with Gasteiger partial charge in [-0.05, 0) is 25.7 Å². The van der Waals surface area contributed by atoms with Crippen LogP contribution in [-0.4, -0.2) is 26.8 Å².